The van der Waals surface area contributed by atoms with Crippen LogP contribution < -0.4 is 16.2 Å². The normalized spacial score (nSPS) is 22.5. The molecule has 2 amide bonds. The summed E-state index contributed by atoms with van der Waals surface area (Å²) in [6.07, 6.45) is 1.83. The number of fused-ring (bicyclic) bond motifs is 2. The number of nitrogens with one attached hydrogen (secondary N) is 3. The molecule has 1 aromatic carbocycles. The number of hydrogen-bond acceptors (Lipinski definition) is 7. The maximum absolute atomic E-state index is 14.1. The summed E-state index contributed by atoms with van der Waals surface area (Å²) >= 11 is 1.49. The minimum Gasteiger partial charge on any atom is -0.349 e. The van der Waals surface area contributed by atoms with E-state index in [0.29, 0.717) is 17.2 Å². The van der Waals surface area contributed by atoms with E-state index in [0.717, 1.165) is 21.3 Å². The van der Waals surface area contributed by atoms with Gasteiger partial charge in [-0.15, -0.1) is 11.3 Å². The highest BCUT2D eigenvalue weighted by atomic mass is 32.1. The van der Waals surface area contributed by atoms with Crippen molar-refractivity contribution in [1.82, 2.24) is 20.2 Å². The van der Waals surface area contributed by atoms with Gasteiger partial charge in [-0.2, -0.15) is 5.26 Å². The van der Waals surface area contributed by atoms with E-state index in [1.165, 1.54) is 11.3 Å². The Morgan fingerprint density at radius 2 is 2.00 bits per heavy atom. The maximum Gasteiger partial charge on any atom is 0.251 e. The molecular formula is C31H38N6O3S. The summed E-state index contributed by atoms with van der Waals surface area (Å²) in [4.78, 5) is 50.7. The van der Waals surface area contributed by atoms with Crippen LogP contribution in [0.15, 0.2) is 35.3 Å². The summed E-state index contributed by atoms with van der Waals surface area (Å²) in [7, 11) is 0. The van der Waals surface area contributed by atoms with Crippen LogP contribution in [-0.4, -0.2) is 51.4 Å². The molecule has 3 heterocycles. The quantitative estimate of drug-likeness (QED) is 0.388. The summed E-state index contributed by atoms with van der Waals surface area (Å²) < 4.78 is 0. The minimum absolute atomic E-state index is 0.000523. The molecule has 1 aliphatic carbocycles. The number of nitriles is 1. The maximum atomic E-state index is 14.1. The van der Waals surface area contributed by atoms with Gasteiger partial charge in [0.2, 0.25) is 11.8 Å². The van der Waals surface area contributed by atoms with Gasteiger partial charge in [0.05, 0.1) is 6.07 Å². The molecule has 1 aliphatic heterocycles. The van der Waals surface area contributed by atoms with Gasteiger partial charge in [-0.3, -0.25) is 14.4 Å². The standard InChI is InChI=1S/C31H38N6O3S/c1-16-8-9-22-18(10-16)11-19(26(38)35-22)12-20(13-32)34-27(39)24-23-21(31(23,6)7)15-37(24)28(40)25(30(3,4)5)36-29-33-14-17(2)41-29/h8-11,14,20-21,23-25H,12,15H2,1-7H3,(H,33,36)(H,34,39)(H,35,38)/t20?,21-,23+,24-,25+/m0/s1. The van der Waals surface area contributed by atoms with Crippen LogP contribution in [0.2, 0.25) is 0 Å². The van der Waals surface area contributed by atoms with Gasteiger partial charge in [0, 0.05) is 35.1 Å². The molecule has 0 spiro atoms. The Bertz CT molecular complexity index is 1610. The van der Waals surface area contributed by atoms with Crippen LogP contribution in [0.3, 0.4) is 0 Å². The van der Waals surface area contributed by atoms with Crippen LogP contribution in [0.25, 0.3) is 10.9 Å². The first-order chi connectivity index (χ1) is 19.2. The van der Waals surface area contributed by atoms with Gasteiger partial charge < -0.3 is 20.5 Å². The predicted molar refractivity (Wildman–Crippen MR) is 161 cm³/mol. The van der Waals surface area contributed by atoms with Gasteiger partial charge in [-0.05, 0) is 60.1 Å². The average molecular weight is 575 g/mol. The van der Waals surface area contributed by atoms with Crippen LogP contribution in [-0.2, 0) is 16.0 Å². The van der Waals surface area contributed by atoms with Gasteiger partial charge in [0.25, 0.3) is 5.56 Å². The van der Waals surface area contributed by atoms with Crippen LogP contribution in [0.1, 0.15) is 50.6 Å². The van der Waals surface area contributed by atoms with Gasteiger partial charge in [0.1, 0.15) is 18.1 Å². The van der Waals surface area contributed by atoms with Gasteiger partial charge >= 0.3 is 0 Å². The summed E-state index contributed by atoms with van der Waals surface area (Å²) in [5, 5.41) is 17.7. The molecule has 10 heteroatoms. The Morgan fingerprint density at radius 3 is 2.63 bits per heavy atom. The fourth-order valence-corrected chi connectivity index (χ4v) is 6.99. The Kier molecular flexibility index (Phi) is 7.23. The van der Waals surface area contributed by atoms with Crippen molar-refractivity contribution in [1.29, 1.82) is 5.26 Å². The number of aromatic nitrogens is 2. The number of carbonyl (C=O) groups excluding carboxylic acids is 2. The molecule has 2 fully saturated rings. The van der Waals surface area contributed by atoms with E-state index in [9.17, 15) is 19.6 Å². The summed E-state index contributed by atoms with van der Waals surface area (Å²) in [5.41, 5.74) is 1.40. The number of piperidine rings is 1. The highest BCUT2D eigenvalue weighted by Gasteiger charge is 2.69. The Morgan fingerprint density at radius 1 is 1.27 bits per heavy atom. The van der Waals surface area contributed by atoms with E-state index in [1.807, 2.05) is 52.8 Å². The number of likely N-dealkylation sites (tertiary alicyclic amines) is 1. The van der Waals surface area contributed by atoms with E-state index in [-0.39, 0.29) is 41.0 Å². The van der Waals surface area contributed by atoms with Crippen molar-refractivity contribution in [3.05, 3.63) is 56.8 Å². The molecule has 2 aliphatic rings. The zero-order valence-electron chi connectivity index (χ0n) is 24.7. The number of carbonyl (C=O) groups is 2. The molecule has 0 bridgehead atoms. The zero-order valence-corrected chi connectivity index (χ0v) is 25.5. The Labute approximate surface area is 244 Å². The second-order valence-corrected chi connectivity index (χ2v) is 14.5. The molecule has 1 unspecified atom stereocenters. The largest absolute Gasteiger partial charge is 0.349 e. The van der Waals surface area contributed by atoms with Crippen LogP contribution >= 0.6 is 11.3 Å². The number of hydrogen-bond donors (Lipinski definition) is 3. The van der Waals surface area contributed by atoms with Crippen molar-refractivity contribution in [2.45, 2.75) is 73.0 Å². The Balaban J connectivity index is 1.37. The second kappa shape index (κ2) is 10.3. The number of anilines is 1. The first-order valence-electron chi connectivity index (χ1n) is 14.0. The fourth-order valence-electron chi connectivity index (χ4n) is 6.30. The van der Waals surface area contributed by atoms with E-state index < -0.39 is 23.5 Å². The number of amides is 2. The van der Waals surface area contributed by atoms with E-state index in [1.54, 1.807) is 17.2 Å². The summed E-state index contributed by atoms with van der Waals surface area (Å²) in [6.45, 7) is 14.7. The molecule has 1 saturated heterocycles. The molecule has 216 valence electrons. The number of rotatable bonds is 7. The first kappa shape index (κ1) is 28.8. The number of aryl methyl sites for hydroxylation is 2. The van der Waals surface area contributed by atoms with Crippen molar-refractivity contribution in [3.63, 3.8) is 0 Å². The molecule has 5 atom stereocenters. The van der Waals surface area contributed by atoms with E-state index in [2.05, 4.69) is 40.5 Å². The molecular weight excluding hydrogens is 536 g/mol. The van der Waals surface area contributed by atoms with Crippen molar-refractivity contribution in [2.75, 3.05) is 11.9 Å². The smallest absolute Gasteiger partial charge is 0.251 e. The van der Waals surface area contributed by atoms with Crippen LogP contribution in [0.5, 0.6) is 0 Å². The first-order valence-corrected chi connectivity index (χ1v) is 14.8. The number of nitrogens with zero attached hydrogens (tertiary/aromatic N) is 3. The third kappa shape index (κ3) is 5.47. The van der Waals surface area contributed by atoms with Gasteiger partial charge in [-0.1, -0.05) is 46.2 Å². The third-order valence-corrected chi connectivity index (χ3v) is 9.58. The van der Waals surface area contributed by atoms with Crippen LogP contribution in [0.4, 0.5) is 5.13 Å². The van der Waals surface area contributed by atoms with Gasteiger partial charge in [0.15, 0.2) is 5.13 Å². The molecule has 2 aromatic heterocycles. The van der Waals surface area contributed by atoms with Crippen molar-refractivity contribution < 1.29 is 9.59 Å². The number of thiazole rings is 1. The lowest BCUT2D eigenvalue weighted by molar-refractivity contribution is -0.142. The van der Waals surface area contributed by atoms with E-state index >= 15 is 0 Å². The van der Waals surface area contributed by atoms with Crippen LogP contribution in [0, 0.1) is 47.8 Å². The average Bonchev–Trinajstić information content (AvgIpc) is 3.25. The van der Waals surface area contributed by atoms with E-state index in [4.69, 9.17) is 0 Å². The SMILES string of the molecule is Cc1ccc2[nH]c(=O)c(CC(C#N)NC(=O)[C@@H]3[C@H]4[C@H](CN3C(=O)[C@@H](Nc3ncc(C)s3)C(C)(C)C)C4(C)C)cc2c1. The number of pyridine rings is 1. The second-order valence-electron chi connectivity index (χ2n) is 13.2. The fraction of sp³-hybridized carbons (Fsp3) is 0.516. The van der Waals surface area contributed by atoms with Gasteiger partial charge in [-0.25, -0.2) is 4.98 Å². The topological polar surface area (TPSA) is 131 Å². The highest BCUT2D eigenvalue weighted by molar-refractivity contribution is 7.15. The third-order valence-electron chi connectivity index (χ3n) is 8.74. The highest BCUT2D eigenvalue weighted by Crippen LogP contribution is 2.65. The molecule has 0 radical (unpaired) electrons. The zero-order chi connectivity index (χ0) is 29.9. The molecule has 9 nitrogen and oxygen atoms in total. The number of H-pyrrole nitrogens is 1. The summed E-state index contributed by atoms with van der Waals surface area (Å²) in [6, 6.07) is 7.49. The molecule has 3 aromatic rings. The van der Waals surface area contributed by atoms with Crippen molar-refractivity contribution in [3.8, 4) is 6.07 Å². The number of aromatic amines is 1. The summed E-state index contributed by atoms with van der Waals surface area (Å²) in [5.74, 6) is -0.297. The van der Waals surface area contributed by atoms with Crippen molar-refractivity contribution >= 4 is 39.2 Å². The Hall–Kier alpha value is -3.71. The molecule has 3 N–H and O–H groups in total. The van der Waals surface area contributed by atoms with Crippen molar-refractivity contribution in [2.24, 2.45) is 22.7 Å². The minimum atomic E-state index is -0.918. The lowest BCUT2D eigenvalue weighted by Gasteiger charge is -2.37. The molecule has 1 saturated carbocycles. The predicted octanol–water partition coefficient (Wildman–Crippen LogP) is 4.16. The number of benzene rings is 1. The molecule has 41 heavy (non-hydrogen) atoms. The monoisotopic (exact) mass is 574 g/mol. The lowest BCUT2D eigenvalue weighted by Crippen LogP contribution is -2.57. The molecule has 5 rings (SSSR count). The lowest BCUT2D eigenvalue weighted by atomic mass is 9.85.